The zero-order valence-electron chi connectivity index (χ0n) is 18.1. The number of aromatic nitrogens is 1. The topological polar surface area (TPSA) is 102 Å². The number of amides is 1. The lowest BCUT2D eigenvalue weighted by molar-refractivity contribution is 0.191. The molecule has 0 aliphatic carbocycles. The minimum atomic E-state index is -0.578. The summed E-state index contributed by atoms with van der Waals surface area (Å²) in [6.07, 6.45) is 0.948. The van der Waals surface area contributed by atoms with E-state index in [0.717, 1.165) is 49.9 Å². The number of carbonyl (C=O) groups is 1. The van der Waals surface area contributed by atoms with Gasteiger partial charge in [0.1, 0.15) is 11.5 Å². The standard InChI is InChI=1S/C22H26N4O6/c1-28-16-5-6-17(19(14-16)29-2)26-11-9-25(10-12-26)8-7-23-22(27)31-21-15-20(32-24-21)18-4-3-13-30-18/h3-6,13-15H,7-12H2,1-2H3,(H,23,27). The van der Waals surface area contributed by atoms with Crippen molar-refractivity contribution in [3.63, 3.8) is 0 Å². The molecule has 0 spiro atoms. The van der Waals surface area contributed by atoms with Crippen LogP contribution in [-0.4, -0.2) is 69.6 Å². The number of rotatable bonds is 8. The third-order valence-electron chi connectivity index (χ3n) is 5.25. The summed E-state index contributed by atoms with van der Waals surface area (Å²) in [4.78, 5) is 16.6. The summed E-state index contributed by atoms with van der Waals surface area (Å²) in [6.45, 7) is 4.67. The van der Waals surface area contributed by atoms with Gasteiger partial charge < -0.3 is 33.4 Å². The van der Waals surface area contributed by atoms with E-state index in [1.807, 2.05) is 18.2 Å². The first-order valence-electron chi connectivity index (χ1n) is 10.3. The van der Waals surface area contributed by atoms with Crippen molar-refractivity contribution < 1.29 is 27.9 Å². The molecule has 0 bridgehead atoms. The fourth-order valence-electron chi connectivity index (χ4n) is 3.55. The van der Waals surface area contributed by atoms with Crippen LogP contribution in [-0.2, 0) is 0 Å². The van der Waals surface area contributed by atoms with Gasteiger partial charge in [0.25, 0.3) is 5.88 Å². The van der Waals surface area contributed by atoms with E-state index in [0.29, 0.717) is 18.1 Å². The van der Waals surface area contributed by atoms with Crippen molar-refractivity contribution in [2.45, 2.75) is 0 Å². The molecule has 0 atom stereocenters. The molecular formula is C22H26N4O6. The number of methoxy groups -OCH3 is 2. The van der Waals surface area contributed by atoms with E-state index in [-0.39, 0.29) is 5.88 Å². The first-order chi connectivity index (χ1) is 15.7. The van der Waals surface area contributed by atoms with Crippen molar-refractivity contribution in [3.8, 4) is 28.9 Å². The normalized spacial score (nSPS) is 14.2. The van der Waals surface area contributed by atoms with Gasteiger partial charge in [-0.25, -0.2) is 4.79 Å². The Balaban J connectivity index is 1.19. The zero-order chi connectivity index (χ0) is 22.3. The highest BCUT2D eigenvalue weighted by atomic mass is 16.6. The molecule has 1 N–H and O–H groups in total. The lowest BCUT2D eigenvalue weighted by Gasteiger charge is -2.36. The molecule has 0 unspecified atom stereocenters. The quantitative estimate of drug-likeness (QED) is 0.564. The molecule has 0 saturated carbocycles. The molecule has 10 nitrogen and oxygen atoms in total. The molecule has 1 amide bonds. The molecule has 1 aromatic carbocycles. The van der Waals surface area contributed by atoms with Gasteiger partial charge in [-0.15, -0.1) is 0 Å². The molecule has 10 heteroatoms. The van der Waals surface area contributed by atoms with Crippen molar-refractivity contribution in [3.05, 3.63) is 42.7 Å². The van der Waals surface area contributed by atoms with Crippen molar-refractivity contribution >= 4 is 11.8 Å². The number of benzene rings is 1. The lowest BCUT2D eigenvalue weighted by atomic mass is 10.2. The smallest absolute Gasteiger partial charge is 0.414 e. The average Bonchev–Trinajstić information content (AvgIpc) is 3.51. The second-order valence-electron chi connectivity index (χ2n) is 7.19. The van der Waals surface area contributed by atoms with Crippen LogP contribution in [0.4, 0.5) is 10.5 Å². The van der Waals surface area contributed by atoms with Gasteiger partial charge in [-0.3, -0.25) is 4.90 Å². The predicted molar refractivity (Wildman–Crippen MR) is 116 cm³/mol. The molecule has 1 aliphatic rings. The zero-order valence-corrected chi connectivity index (χ0v) is 18.1. The molecule has 2 aromatic heterocycles. The van der Waals surface area contributed by atoms with Crippen LogP contribution in [0.25, 0.3) is 11.5 Å². The maximum absolute atomic E-state index is 12.0. The molecule has 1 saturated heterocycles. The maximum atomic E-state index is 12.0. The minimum Gasteiger partial charge on any atom is -0.497 e. The highest BCUT2D eigenvalue weighted by Crippen LogP contribution is 2.32. The Morgan fingerprint density at radius 2 is 1.94 bits per heavy atom. The number of nitrogens with zero attached hydrogens (tertiary/aromatic N) is 3. The Morgan fingerprint density at radius 3 is 2.66 bits per heavy atom. The monoisotopic (exact) mass is 442 g/mol. The number of anilines is 1. The Labute approximate surface area is 185 Å². The van der Waals surface area contributed by atoms with Crippen LogP contribution in [0, 0.1) is 0 Å². The number of ether oxygens (including phenoxy) is 3. The summed E-state index contributed by atoms with van der Waals surface area (Å²) in [5, 5.41) is 6.46. The van der Waals surface area contributed by atoms with Gasteiger partial charge in [0.05, 0.1) is 32.2 Å². The fourth-order valence-corrected chi connectivity index (χ4v) is 3.55. The van der Waals surface area contributed by atoms with E-state index < -0.39 is 6.09 Å². The molecule has 1 fully saturated rings. The number of nitrogens with one attached hydrogen (secondary N) is 1. The Bertz CT molecular complexity index is 1010. The first-order valence-corrected chi connectivity index (χ1v) is 10.3. The summed E-state index contributed by atoms with van der Waals surface area (Å²) in [7, 11) is 3.30. The summed E-state index contributed by atoms with van der Waals surface area (Å²) >= 11 is 0. The van der Waals surface area contributed by atoms with Crippen molar-refractivity contribution in [1.29, 1.82) is 0 Å². The molecule has 3 heterocycles. The second-order valence-corrected chi connectivity index (χ2v) is 7.19. The van der Waals surface area contributed by atoms with Crippen LogP contribution >= 0.6 is 0 Å². The number of hydrogen-bond donors (Lipinski definition) is 1. The van der Waals surface area contributed by atoms with Crippen LogP contribution in [0.15, 0.2) is 51.6 Å². The van der Waals surface area contributed by atoms with Crippen LogP contribution < -0.4 is 24.4 Å². The first kappa shape index (κ1) is 21.6. The summed E-state index contributed by atoms with van der Waals surface area (Å²) in [5.41, 5.74) is 1.05. The SMILES string of the molecule is COc1ccc(N2CCN(CCNC(=O)Oc3cc(-c4ccco4)on3)CC2)c(OC)c1. The third-order valence-corrected chi connectivity index (χ3v) is 5.25. The van der Waals surface area contributed by atoms with Crippen LogP contribution in [0.1, 0.15) is 0 Å². The van der Waals surface area contributed by atoms with E-state index in [9.17, 15) is 4.79 Å². The average molecular weight is 442 g/mol. The van der Waals surface area contributed by atoms with E-state index in [4.69, 9.17) is 23.2 Å². The highest BCUT2D eigenvalue weighted by Gasteiger charge is 2.20. The van der Waals surface area contributed by atoms with E-state index in [1.165, 1.54) is 12.3 Å². The van der Waals surface area contributed by atoms with Crippen LogP contribution in [0.5, 0.6) is 17.4 Å². The van der Waals surface area contributed by atoms with Crippen molar-refractivity contribution in [2.24, 2.45) is 0 Å². The van der Waals surface area contributed by atoms with Crippen molar-refractivity contribution in [2.75, 3.05) is 58.4 Å². The minimum absolute atomic E-state index is 0.0796. The van der Waals surface area contributed by atoms with Crippen LogP contribution in [0.3, 0.4) is 0 Å². The summed E-state index contributed by atoms with van der Waals surface area (Å²) in [6, 6.07) is 10.8. The van der Waals surface area contributed by atoms with Crippen molar-refractivity contribution in [1.82, 2.24) is 15.4 Å². The molecule has 4 rings (SSSR count). The van der Waals surface area contributed by atoms with Gasteiger partial charge >= 0.3 is 6.09 Å². The predicted octanol–water partition coefficient (Wildman–Crippen LogP) is 2.86. The largest absolute Gasteiger partial charge is 0.497 e. The van der Waals surface area contributed by atoms with E-state index >= 15 is 0 Å². The van der Waals surface area contributed by atoms with Gasteiger partial charge in [-0.2, -0.15) is 0 Å². The molecular weight excluding hydrogens is 416 g/mol. The summed E-state index contributed by atoms with van der Waals surface area (Å²) in [5.74, 6) is 2.55. The fraction of sp³-hybridized carbons (Fsp3) is 0.364. The second kappa shape index (κ2) is 10.1. The molecule has 170 valence electrons. The molecule has 3 aromatic rings. The number of furan rings is 1. The Morgan fingerprint density at radius 1 is 1.09 bits per heavy atom. The van der Waals surface area contributed by atoms with E-state index in [2.05, 4.69) is 20.3 Å². The highest BCUT2D eigenvalue weighted by molar-refractivity contribution is 5.70. The van der Waals surface area contributed by atoms with Gasteiger partial charge in [-0.05, 0) is 29.4 Å². The number of carbonyl (C=O) groups excluding carboxylic acids is 1. The van der Waals surface area contributed by atoms with Gasteiger partial charge in [0, 0.05) is 45.3 Å². The molecule has 1 aliphatic heterocycles. The number of piperazine rings is 1. The molecule has 0 radical (unpaired) electrons. The Hall–Kier alpha value is -3.66. The third kappa shape index (κ3) is 5.14. The van der Waals surface area contributed by atoms with Gasteiger partial charge in [-0.1, -0.05) is 0 Å². The summed E-state index contributed by atoms with van der Waals surface area (Å²) < 4.78 is 26.3. The lowest BCUT2D eigenvalue weighted by Crippen LogP contribution is -2.48. The van der Waals surface area contributed by atoms with Gasteiger partial charge in [0.2, 0.25) is 5.76 Å². The van der Waals surface area contributed by atoms with E-state index in [1.54, 1.807) is 26.4 Å². The molecule has 32 heavy (non-hydrogen) atoms. The number of hydrogen-bond acceptors (Lipinski definition) is 9. The Kier molecular flexibility index (Phi) is 6.81. The van der Waals surface area contributed by atoms with Crippen LogP contribution in [0.2, 0.25) is 0 Å². The maximum Gasteiger partial charge on any atom is 0.414 e. The van der Waals surface area contributed by atoms with Gasteiger partial charge in [0.15, 0.2) is 5.76 Å².